The minimum Gasteiger partial charge on any atom is -0.383 e. The maximum absolute atomic E-state index is 5.12. The van der Waals surface area contributed by atoms with Crippen molar-refractivity contribution >= 4 is 17.7 Å². The lowest BCUT2D eigenvalue weighted by molar-refractivity contribution is 0.190. The number of hydrogen-bond acceptors (Lipinski definition) is 8. The smallest absolute Gasteiger partial charge is 0.224 e. The molecule has 0 saturated carbocycles. The van der Waals surface area contributed by atoms with Crippen LogP contribution in [-0.2, 0) is 17.8 Å². The molecule has 3 N–H and O–H groups in total. The summed E-state index contributed by atoms with van der Waals surface area (Å²) in [6, 6.07) is 12.1. The molecule has 3 rings (SSSR count). The number of anilines is 3. The minimum atomic E-state index is 0.137. The third-order valence-corrected chi connectivity index (χ3v) is 3.93. The summed E-state index contributed by atoms with van der Waals surface area (Å²) in [5, 5.41) is 9.77. The van der Waals surface area contributed by atoms with E-state index in [1.165, 1.54) is 0 Å². The Morgan fingerprint density at radius 1 is 0.893 bits per heavy atom. The van der Waals surface area contributed by atoms with Crippen molar-refractivity contribution < 1.29 is 4.74 Å². The van der Waals surface area contributed by atoms with Gasteiger partial charge in [0.25, 0.3) is 0 Å². The van der Waals surface area contributed by atoms with Gasteiger partial charge >= 0.3 is 0 Å². The van der Waals surface area contributed by atoms with Crippen LogP contribution in [0.4, 0.5) is 17.7 Å². The number of aromatic nitrogens is 4. The van der Waals surface area contributed by atoms with Gasteiger partial charge in [-0.15, -0.1) is 0 Å². The second-order valence-corrected chi connectivity index (χ2v) is 6.37. The first kappa shape index (κ1) is 19.5. The minimum absolute atomic E-state index is 0.137. The molecule has 0 aliphatic carbocycles. The zero-order valence-corrected chi connectivity index (χ0v) is 16.1. The summed E-state index contributed by atoms with van der Waals surface area (Å²) in [5.74, 6) is 1.97. The van der Waals surface area contributed by atoms with Gasteiger partial charge in [0.2, 0.25) is 11.9 Å². The SMILES string of the molecule is COC[C@@H](C)Nc1nccc(NCc2cccc(CNc3ncccn3)c2)n1. The highest BCUT2D eigenvalue weighted by Gasteiger charge is 2.05. The molecular formula is C20H25N7O. The summed E-state index contributed by atoms with van der Waals surface area (Å²) >= 11 is 0. The van der Waals surface area contributed by atoms with E-state index < -0.39 is 0 Å². The van der Waals surface area contributed by atoms with E-state index in [2.05, 4.69) is 54.1 Å². The van der Waals surface area contributed by atoms with E-state index >= 15 is 0 Å². The molecule has 1 atom stereocenters. The molecule has 0 bridgehead atoms. The molecule has 0 fully saturated rings. The fourth-order valence-corrected chi connectivity index (χ4v) is 2.65. The highest BCUT2D eigenvalue weighted by atomic mass is 16.5. The Kier molecular flexibility index (Phi) is 7.08. The molecule has 0 radical (unpaired) electrons. The van der Waals surface area contributed by atoms with E-state index in [-0.39, 0.29) is 6.04 Å². The highest BCUT2D eigenvalue weighted by Crippen LogP contribution is 2.11. The monoisotopic (exact) mass is 379 g/mol. The van der Waals surface area contributed by atoms with Crippen LogP contribution in [0, 0.1) is 0 Å². The Balaban J connectivity index is 1.54. The van der Waals surface area contributed by atoms with Crippen molar-refractivity contribution in [3.63, 3.8) is 0 Å². The average molecular weight is 379 g/mol. The number of benzene rings is 1. The van der Waals surface area contributed by atoms with Gasteiger partial charge in [-0.1, -0.05) is 24.3 Å². The molecule has 0 spiro atoms. The predicted molar refractivity (Wildman–Crippen MR) is 110 cm³/mol. The van der Waals surface area contributed by atoms with Crippen molar-refractivity contribution in [2.75, 3.05) is 29.7 Å². The Morgan fingerprint density at radius 3 is 2.36 bits per heavy atom. The molecule has 146 valence electrons. The van der Waals surface area contributed by atoms with E-state index in [9.17, 15) is 0 Å². The van der Waals surface area contributed by atoms with E-state index in [0.29, 0.717) is 31.6 Å². The molecule has 8 heteroatoms. The van der Waals surface area contributed by atoms with Crippen LogP contribution in [0.1, 0.15) is 18.1 Å². The molecule has 0 aliphatic rings. The van der Waals surface area contributed by atoms with Crippen molar-refractivity contribution in [3.05, 3.63) is 66.1 Å². The Labute approximate surface area is 164 Å². The van der Waals surface area contributed by atoms with Crippen LogP contribution in [0.25, 0.3) is 0 Å². The third kappa shape index (κ3) is 6.17. The molecule has 2 heterocycles. The predicted octanol–water partition coefficient (Wildman–Crippen LogP) is 2.94. The lowest BCUT2D eigenvalue weighted by Gasteiger charge is -2.13. The lowest BCUT2D eigenvalue weighted by Crippen LogP contribution is -2.22. The quantitative estimate of drug-likeness (QED) is 0.495. The topological polar surface area (TPSA) is 96.9 Å². The number of rotatable bonds is 10. The van der Waals surface area contributed by atoms with Crippen molar-refractivity contribution in [1.82, 2.24) is 19.9 Å². The van der Waals surface area contributed by atoms with Crippen molar-refractivity contribution in [2.45, 2.75) is 26.1 Å². The maximum Gasteiger partial charge on any atom is 0.224 e. The highest BCUT2D eigenvalue weighted by molar-refractivity contribution is 5.41. The van der Waals surface area contributed by atoms with E-state index in [0.717, 1.165) is 16.9 Å². The van der Waals surface area contributed by atoms with Gasteiger partial charge < -0.3 is 20.7 Å². The van der Waals surface area contributed by atoms with Crippen molar-refractivity contribution in [1.29, 1.82) is 0 Å². The lowest BCUT2D eigenvalue weighted by atomic mass is 10.1. The Bertz CT molecular complexity index is 860. The molecule has 0 aliphatic heterocycles. The molecular weight excluding hydrogens is 354 g/mol. The molecule has 28 heavy (non-hydrogen) atoms. The number of methoxy groups -OCH3 is 1. The van der Waals surface area contributed by atoms with Gasteiger partial charge in [0.15, 0.2) is 0 Å². The van der Waals surface area contributed by atoms with Gasteiger partial charge in [-0.3, -0.25) is 0 Å². The van der Waals surface area contributed by atoms with E-state index in [1.807, 2.05) is 19.1 Å². The van der Waals surface area contributed by atoms with Crippen molar-refractivity contribution in [3.8, 4) is 0 Å². The second-order valence-electron chi connectivity index (χ2n) is 6.37. The molecule has 1 aromatic carbocycles. The van der Waals surface area contributed by atoms with E-state index in [1.54, 1.807) is 31.8 Å². The molecule has 0 saturated heterocycles. The molecule has 2 aromatic heterocycles. The van der Waals surface area contributed by atoms with E-state index in [4.69, 9.17) is 4.74 Å². The zero-order valence-electron chi connectivity index (χ0n) is 16.1. The summed E-state index contributed by atoms with van der Waals surface area (Å²) in [7, 11) is 1.67. The summed E-state index contributed by atoms with van der Waals surface area (Å²) in [6.07, 6.45) is 5.17. The normalized spacial score (nSPS) is 11.6. The van der Waals surface area contributed by atoms with Crippen LogP contribution < -0.4 is 16.0 Å². The summed E-state index contributed by atoms with van der Waals surface area (Å²) < 4.78 is 5.12. The van der Waals surface area contributed by atoms with Crippen LogP contribution in [0.5, 0.6) is 0 Å². The Morgan fingerprint density at radius 2 is 1.61 bits per heavy atom. The van der Waals surface area contributed by atoms with Crippen LogP contribution in [0.2, 0.25) is 0 Å². The summed E-state index contributed by atoms with van der Waals surface area (Å²) in [5.41, 5.74) is 2.32. The Hall–Kier alpha value is -3.26. The summed E-state index contributed by atoms with van der Waals surface area (Å²) in [6.45, 7) is 3.94. The van der Waals surface area contributed by atoms with Gasteiger partial charge in [0.05, 0.1) is 6.61 Å². The first-order valence-corrected chi connectivity index (χ1v) is 9.14. The maximum atomic E-state index is 5.12. The largest absolute Gasteiger partial charge is 0.383 e. The zero-order chi connectivity index (χ0) is 19.6. The van der Waals surface area contributed by atoms with Crippen LogP contribution in [-0.4, -0.2) is 39.7 Å². The third-order valence-electron chi connectivity index (χ3n) is 3.93. The van der Waals surface area contributed by atoms with Gasteiger partial charge in [0, 0.05) is 44.8 Å². The molecule has 3 aromatic rings. The first-order chi connectivity index (χ1) is 13.7. The fraction of sp³-hybridized carbons (Fsp3) is 0.300. The fourth-order valence-electron chi connectivity index (χ4n) is 2.65. The molecule has 8 nitrogen and oxygen atoms in total. The first-order valence-electron chi connectivity index (χ1n) is 9.14. The number of nitrogens with zero attached hydrogens (tertiary/aromatic N) is 4. The van der Waals surface area contributed by atoms with Crippen LogP contribution in [0.3, 0.4) is 0 Å². The van der Waals surface area contributed by atoms with Crippen LogP contribution >= 0.6 is 0 Å². The average Bonchev–Trinajstić information content (AvgIpc) is 2.72. The van der Waals surface area contributed by atoms with Gasteiger partial charge in [-0.05, 0) is 30.2 Å². The standard InChI is InChI=1S/C20H25N7O/c1-15(14-28-2)26-20-23-10-7-18(27-20)24-12-16-5-3-6-17(11-16)13-25-19-21-8-4-9-22-19/h3-11,15H,12-14H2,1-2H3,(H,21,22,25)(H2,23,24,26,27)/t15-/m1/s1. The number of hydrogen-bond donors (Lipinski definition) is 3. The van der Waals surface area contributed by atoms with Gasteiger partial charge in [-0.2, -0.15) is 4.98 Å². The number of ether oxygens (including phenoxy) is 1. The van der Waals surface area contributed by atoms with Gasteiger partial charge in [-0.25, -0.2) is 15.0 Å². The van der Waals surface area contributed by atoms with Crippen molar-refractivity contribution in [2.24, 2.45) is 0 Å². The second kappa shape index (κ2) is 10.2. The number of nitrogens with one attached hydrogen (secondary N) is 3. The molecule has 0 unspecified atom stereocenters. The van der Waals surface area contributed by atoms with Gasteiger partial charge in [0.1, 0.15) is 5.82 Å². The molecule has 0 amide bonds. The van der Waals surface area contributed by atoms with Crippen LogP contribution in [0.15, 0.2) is 55.0 Å². The summed E-state index contributed by atoms with van der Waals surface area (Å²) in [4.78, 5) is 17.1.